The van der Waals surface area contributed by atoms with Crippen LogP contribution in [0.5, 0.6) is 5.88 Å². The standard InChI is InChI=1S/C19H22N2O2/c1-2-23-17-11-10-16(14-20-17)21-18(22)19(12-6-7-13-19)15-8-4-3-5-9-15/h3-5,8-11,14H,2,6-7,12-13H2,1H3,(H,21,22). The second kappa shape index (κ2) is 6.82. The van der Waals surface area contributed by atoms with Crippen molar-refractivity contribution in [2.45, 2.75) is 38.0 Å². The summed E-state index contributed by atoms with van der Waals surface area (Å²) in [4.78, 5) is 17.2. The molecule has 1 aliphatic rings. The van der Waals surface area contributed by atoms with Crippen molar-refractivity contribution < 1.29 is 9.53 Å². The Hall–Kier alpha value is -2.36. The lowest BCUT2D eigenvalue weighted by Crippen LogP contribution is -2.37. The molecule has 0 spiro atoms. The van der Waals surface area contributed by atoms with Gasteiger partial charge in [0, 0.05) is 6.07 Å². The number of nitrogens with zero attached hydrogens (tertiary/aromatic N) is 1. The molecule has 4 nitrogen and oxygen atoms in total. The smallest absolute Gasteiger partial charge is 0.235 e. The minimum Gasteiger partial charge on any atom is -0.478 e. The lowest BCUT2D eigenvalue weighted by molar-refractivity contribution is -0.121. The van der Waals surface area contributed by atoms with Gasteiger partial charge in [-0.3, -0.25) is 4.79 Å². The van der Waals surface area contributed by atoms with Crippen molar-refractivity contribution >= 4 is 11.6 Å². The number of aromatic nitrogens is 1. The van der Waals surface area contributed by atoms with E-state index in [0.717, 1.165) is 31.2 Å². The van der Waals surface area contributed by atoms with Crippen molar-refractivity contribution in [3.8, 4) is 5.88 Å². The van der Waals surface area contributed by atoms with Crippen molar-refractivity contribution in [3.63, 3.8) is 0 Å². The highest BCUT2D eigenvalue weighted by Crippen LogP contribution is 2.42. The van der Waals surface area contributed by atoms with Gasteiger partial charge in [0.1, 0.15) is 0 Å². The molecule has 23 heavy (non-hydrogen) atoms. The van der Waals surface area contributed by atoms with Crippen LogP contribution in [0.15, 0.2) is 48.7 Å². The Labute approximate surface area is 136 Å². The largest absolute Gasteiger partial charge is 0.478 e. The van der Waals surface area contributed by atoms with Gasteiger partial charge < -0.3 is 10.1 Å². The molecule has 0 atom stereocenters. The van der Waals surface area contributed by atoms with E-state index < -0.39 is 5.41 Å². The fourth-order valence-corrected chi connectivity index (χ4v) is 3.32. The molecule has 0 unspecified atom stereocenters. The topological polar surface area (TPSA) is 51.2 Å². The SMILES string of the molecule is CCOc1ccc(NC(=O)C2(c3ccccc3)CCCC2)cn1. The average Bonchev–Trinajstić information content (AvgIpc) is 3.09. The first-order valence-electron chi connectivity index (χ1n) is 8.20. The molecule has 1 saturated carbocycles. The monoisotopic (exact) mass is 310 g/mol. The summed E-state index contributed by atoms with van der Waals surface area (Å²) in [5, 5.41) is 3.04. The van der Waals surface area contributed by atoms with Crippen LogP contribution in [0.25, 0.3) is 0 Å². The fraction of sp³-hybridized carbons (Fsp3) is 0.368. The molecule has 0 aliphatic heterocycles. The summed E-state index contributed by atoms with van der Waals surface area (Å²) in [5.74, 6) is 0.635. The van der Waals surface area contributed by atoms with Gasteiger partial charge in [-0.15, -0.1) is 0 Å². The number of hydrogen-bond acceptors (Lipinski definition) is 3. The van der Waals surface area contributed by atoms with Crippen LogP contribution in [0.4, 0.5) is 5.69 Å². The second-order valence-corrected chi connectivity index (χ2v) is 5.93. The average molecular weight is 310 g/mol. The molecule has 0 saturated heterocycles. The molecule has 4 heteroatoms. The minimum atomic E-state index is -0.417. The summed E-state index contributed by atoms with van der Waals surface area (Å²) in [5.41, 5.74) is 1.40. The molecule has 120 valence electrons. The number of carbonyl (C=O) groups excluding carboxylic acids is 1. The number of carbonyl (C=O) groups is 1. The predicted octanol–water partition coefficient (Wildman–Crippen LogP) is 3.93. The maximum atomic E-state index is 13.0. The third-order valence-electron chi connectivity index (χ3n) is 4.50. The molecule has 3 rings (SSSR count). The molecule has 1 fully saturated rings. The van der Waals surface area contributed by atoms with Gasteiger partial charge in [0.05, 0.1) is 23.9 Å². The Balaban J connectivity index is 1.80. The zero-order chi connectivity index (χ0) is 16.1. The summed E-state index contributed by atoms with van der Waals surface area (Å²) in [7, 11) is 0. The normalized spacial score (nSPS) is 16.0. The van der Waals surface area contributed by atoms with Crippen LogP contribution in [0.3, 0.4) is 0 Å². The Morgan fingerprint density at radius 1 is 1.17 bits per heavy atom. The molecular weight excluding hydrogens is 288 g/mol. The van der Waals surface area contributed by atoms with Crippen LogP contribution in [0.2, 0.25) is 0 Å². The van der Waals surface area contributed by atoms with Crippen LogP contribution in [-0.4, -0.2) is 17.5 Å². The zero-order valence-corrected chi connectivity index (χ0v) is 13.4. The molecule has 1 aromatic carbocycles. The van der Waals surface area contributed by atoms with E-state index >= 15 is 0 Å². The van der Waals surface area contributed by atoms with Crippen LogP contribution in [0, 0.1) is 0 Å². The first kappa shape index (κ1) is 15.5. The summed E-state index contributed by atoms with van der Waals surface area (Å²) >= 11 is 0. The first-order chi connectivity index (χ1) is 11.2. The van der Waals surface area contributed by atoms with Crippen molar-refractivity contribution in [2.24, 2.45) is 0 Å². The lowest BCUT2D eigenvalue weighted by Gasteiger charge is -2.28. The van der Waals surface area contributed by atoms with Gasteiger partial charge in [0.15, 0.2) is 0 Å². The van der Waals surface area contributed by atoms with Gasteiger partial charge >= 0.3 is 0 Å². The summed E-state index contributed by atoms with van der Waals surface area (Å²) in [6, 6.07) is 13.7. The Kier molecular flexibility index (Phi) is 4.60. The van der Waals surface area contributed by atoms with Crippen LogP contribution in [0.1, 0.15) is 38.2 Å². The number of benzene rings is 1. The van der Waals surface area contributed by atoms with Gasteiger partial charge in [-0.1, -0.05) is 43.2 Å². The molecule has 1 aromatic heterocycles. The second-order valence-electron chi connectivity index (χ2n) is 5.93. The molecular formula is C19H22N2O2. The minimum absolute atomic E-state index is 0.0622. The number of hydrogen-bond donors (Lipinski definition) is 1. The number of amides is 1. The van der Waals surface area contributed by atoms with Gasteiger partial charge in [0.25, 0.3) is 0 Å². The third kappa shape index (κ3) is 3.21. The van der Waals surface area contributed by atoms with Crippen molar-refractivity contribution in [2.75, 3.05) is 11.9 Å². The molecule has 1 heterocycles. The van der Waals surface area contributed by atoms with Crippen LogP contribution >= 0.6 is 0 Å². The van der Waals surface area contributed by atoms with Crippen molar-refractivity contribution in [1.29, 1.82) is 0 Å². The Bertz CT molecular complexity index is 647. The van der Waals surface area contributed by atoms with E-state index in [-0.39, 0.29) is 5.91 Å². The fourth-order valence-electron chi connectivity index (χ4n) is 3.32. The highest BCUT2D eigenvalue weighted by atomic mass is 16.5. The van der Waals surface area contributed by atoms with Crippen LogP contribution < -0.4 is 10.1 Å². The predicted molar refractivity (Wildman–Crippen MR) is 90.6 cm³/mol. The molecule has 0 radical (unpaired) electrons. The number of rotatable bonds is 5. The quantitative estimate of drug-likeness (QED) is 0.910. The van der Waals surface area contributed by atoms with E-state index in [4.69, 9.17) is 4.74 Å². The Morgan fingerprint density at radius 2 is 1.91 bits per heavy atom. The van der Waals surface area contributed by atoms with Gasteiger partial charge in [0.2, 0.25) is 11.8 Å². The Morgan fingerprint density at radius 3 is 2.52 bits per heavy atom. The number of nitrogens with one attached hydrogen (secondary N) is 1. The molecule has 0 bridgehead atoms. The van der Waals surface area contributed by atoms with E-state index in [2.05, 4.69) is 22.4 Å². The first-order valence-corrected chi connectivity index (χ1v) is 8.20. The summed E-state index contributed by atoms with van der Waals surface area (Å²) in [6.45, 7) is 2.50. The van der Waals surface area contributed by atoms with Crippen molar-refractivity contribution in [1.82, 2.24) is 4.98 Å². The van der Waals surface area contributed by atoms with E-state index in [9.17, 15) is 4.79 Å². The van der Waals surface area contributed by atoms with Gasteiger partial charge in [-0.05, 0) is 31.4 Å². The van der Waals surface area contributed by atoms with Gasteiger partial charge in [-0.25, -0.2) is 4.98 Å². The molecule has 1 aliphatic carbocycles. The highest BCUT2D eigenvalue weighted by Gasteiger charge is 2.42. The van der Waals surface area contributed by atoms with E-state index in [1.807, 2.05) is 31.2 Å². The van der Waals surface area contributed by atoms with Gasteiger partial charge in [-0.2, -0.15) is 0 Å². The number of anilines is 1. The van der Waals surface area contributed by atoms with Crippen LogP contribution in [-0.2, 0) is 10.2 Å². The number of ether oxygens (including phenoxy) is 1. The maximum Gasteiger partial charge on any atom is 0.235 e. The third-order valence-corrected chi connectivity index (χ3v) is 4.50. The molecule has 2 aromatic rings. The highest BCUT2D eigenvalue weighted by molar-refractivity contribution is 5.99. The van der Waals surface area contributed by atoms with E-state index in [0.29, 0.717) is 18.2 Å². The molecule has 1 N–H and O–H groups in total. The number of pyridine rings is 1. The van der Waals surface area contributed by atoms with Crippen molar-refractivity contribution in [3.05, 3.63) is 54.2 Å². The molecule has 1 amide bonds. The summed E-state index contributed by atoms with van der Waals surface area (Å²) < 4.78 is 5.33. The summed E-state index contributed by atoms with van der Waals surface area (Å²) in [6.07, 6.45) is 5.62. The van der Waals surface area contributed by atoms with E-state index in [1.165, 1.54) is 0 Å². The maximum absolute atomic E-state index is 13.0. The lowest BCUT2D eigenvalue weighted by atomic mass is 9.78. The van der Waals surface area contributed by atoms with E-state index in [1.54, 1.807) is 12.3 Å². The zero-order valence-electron chi connectivity index (χ0n) is 13.4.